The lowest BCUT2D eigenvalue weighted by Gasteiger charge is -2.29. The van der Waals surface area contributed by atoms with Gasteiger partial charge in [0.25, 0.3) is 5.91 Å². The van der Waals surface area contributed by atoms with Gasteiger partial charge in [-0.1, -0.05) is 0 Å². The van der Waals surface area contributed by atoms with E-state index in [1.54, 1.807) is 17.9 Å². The molecule has 3 nitrogen and oxygen atoms in total. The lowest BCUT2D eigenvalue weighted by molar-refractivity contribution is 0.0546. The predicted molar refractivity (Wildman–Crippen MR) is 62.3 cm³/mol. The number of piperidine rings is 1. The summed E-state index contributed by atoms with van der Waals surface area (Å²) in [6, 6.07) is 4.35. The average Bonchev–Trinajstić information content (AvgIpc) is 2.28. The number of aliphatic hydroxyl groups excluding tert-OH is 1. The Balaban J connectivity index is 2.14. The fourth-order valence-electron chi connectivity index (χ4n) is 2.11. The van der Waals surface area contributed by atoms with E-state index in [1.807, 2.05) is 0 Å². The maximum atomic E-state index is 13.2. The van der Waals surface area contributed by atoms with Crippen LogP contribution < -0.4 is 0 Å². The number of hydrogen-bond acceptors (Lipinski definition) is 2. The van der Waals surface area contributed by atoms with Crippen molar-refractivity contribution in [3.05, 3.63) is 35.1 Å². The summed E-state index contributed by atoms with van der Waals surface area (Å²) in [5, 5.41) is 9.37. The van der Waals surface area contributed by atoms with Gasteiger partial charge in [0.1, 0.15) is 5.82 Å². The third kappa shape index (κ3) is 2.82. The Bertz CT molecular complexity index is 405. The van der Waals surface area contributed by atoms with Gasteiger partial charge in [-0.2, -0.15) is 0 Å². The van der Waals surface area contributed by atoms with Gasteiger partial charge in [-0.05, 0) is 43.5 Å². The van der Waals surface area contributed by atoms with Crippen molar-refractivity contribution in [2.75, 3.05) is 13.1 Å². The van der Waals surface area contributed by atoms with Crippen molar-refractivity contribution >= 4 is 5.91 Å². The van der Waals surface area contributed by atoms with E-state index in [0.29, 0.717) is 31.5 Å². The average molecular weight is 237 g/mol. The van der Waals surface area contributed by atoms with E-state index in [-0.39, 0.29) is 17.8 Å². The molecule has 1 heterocycles. The summed E-state index contributed by atoms with van der Waals surface area (Å²) < 4.78 is 13.2. The molecule has 0 radical (unpaired) electrons. The summed E-state index contributed by atoms with van der Waals surface area (Å²) in [6.07, 6.45) is 0.883. The zero-order valence-corrected chi connectivity index (χ0v) is 9.82. The number of carbonyl (C=O) groups excluding carboxylic acids is 1. The molecule has 0 atom stereocenters. The number of likely N-dealkylation sites (tertiary alicyclic amines) is 1. The van der Waals surface area contributed by atoms with Crippen LogP contribution in [-0.4, -0.2) is 35.1 Å². The SMILES string of the molecule is Cc1cc(F)cc(C(=O)N2CCC(O)CC2)c1. The highest BCUT2D eigenvalue weighted by Gasteiger charge is 2.22. The first kappa shape index (κ1) is 12.0. The number of hydrogen-bond donors (Lipinski definition) is 1. The van der Waals surface area contributed by atoms with Crippen molar-refractivity contribution < 1.29 is 14.3 Å². The molecule has 2 rings (SSSR count). The van der Waals surface area contributed by atoms with Crippen molar-refractivity contribution in [3.63, 3.8) is 0 Å². The number of aliphatic hydroxyl groups is 1. The minimum absolute atomic E-state index is 0.153. The molecule has 1 saturated heterocycles. The summed E-state index contributed by atoms with van der Waals surface area (Å²) in [6.45, 7) is 2.84. The van der Waals surface area contributed by atoms with Gasteiger partial charge in [-0.25, -0.2) is 4.39 Å². The maximum Gasteiger partial charge on any atom is 0.253 e. The van der Waals surface area contributed by atoms with E-state index in [4.69, 9.17) is 0 Å². The van der Waals surface area contributed by atoms with Crippen molar-refractivity contribution in [2.24, 2.45) is 0 Å². The van der Waals surface area contributed by atoms with E-state index in [0.717, 1.165) is 5.56 Å². The summed E-state index contributed by atoms with van der Waals surface area (Å²) in [5.74, 6) is -0.537. The lowest BCUT2D eigenvalue weighted by atomic mass is 10.1. The minimum atomic E-state index is -0.384. The summed E-state index contributed by atoms with van der Waals surface area (Å²) >= 11 is 0. The number of benzene rings is 1. The first-order chi connectivity index (χ1) is 8.06. The minimum Gasteiger partial charge on any atom is -0.393 e. The summed E-state index contributed by atoms with van der Waals surface area (Å²) in [5.41, 5.74) is 1.13. The Morgan fingerprint density at radius 3 is 2.59 bits per heavy atom. The van der Waals surface area contributed by atoms with Gasteiger partial charge in [-0.3, -0.25) is 4.79 Å². The monoisotopic (exact) mass is 237 g/mol. The number of aryl methyl sites for hydroxylation is 1. The third-order valence-electron chi connectivity index (χ3n) is 3.04. The van der Waals surface area contributed by atoms with Crippen LogP contribution in [0.25, 0.3) is 0 Å². The fourth-order valence-corrected chi connectivity index (χ4v) is 2.11. The van der Waals surface area contributed by atoms with Gasteiger partial charge >= 0.3 is 0 Å². The number of rotatable bonds is 1. The molecule has 1 N–H and O–H groups in total. The molecule has 1 aliphatic heterocycles. The Morgan fingerprint density at radius 1 is 1.35 bits per heavy atom. The Morgan fingerprint density at radius 2 is 2.00 bits per heavy atom. The predicted octanol–water partition coefficient (Wildman–Crippen LogP) is 1.73. The fraction of sp³-hybridized carbons (Fsp3) is 0.462. The largest absolute Gasteiger partial charge is 0.393 e. The molecule has 1 aromatic rings. The van der Waals surface area contributed by atoms with Crippen molar-refractivity contribution in [1.82, 2.24) is 4.90 Å². The summed E-state index contributed by atoms with van der Waals surface area (Å²) in [7, 11) is 0. The molecule has 0 aliphatic carbocycles. The van der Waals surface area contributed by atoms with Gasteiger partial charge in [-0.15, -0.1) is 0 Å². The number of nitrogens with zero attached hydrogens (tertiary/aromatic N) is 1. The van der Waals surface area contributed by atoms with Gasteiger partial charge in [0.15, 0.2) is 0 Å². The van der Waals surface area contributed by atoms with Gasteiger partial charge < -0.3 is 10.0 Å². The molecular weight excluding hydrogens is 221 g/mol. The summed E-state index contributed by atoms with van der Waals surface area (Å²) in [4.78, 5) is 13.8. The lowest BCUT2D eigenvalue weighted by Crippen LogP contribution is -2.40. The molecule has 0 bridgehead atoms. The second kappa shape index (κ2) is 4.84. The highest BCUT2D eigenvalue weighted by molar-refractivity contribution is 5.94. The van der Waals surface area contributed by atoms with Gasteiger partial charge in [0, 0.05) is 18.7 Å². The van der Waals surface area contributed by atoms with Crippen molar-refractivity contribution in [2.45, 2.75) is 25.9 Å². The van der Waals surface area contributed by atoms with E-state index >= 15 is 0 Å². The molecule has 0 spiro atoms. The van der Waals surface area contributed by atoms with Crippen LogP contribution in [0.4, 0.5) is 4.39 Å². The standard InChI is InChI=1S/C13H16FNO2/c1-9-6-10(8-11(14)7-9)13(17)15-4-2-12(16)3-5-15/h6-8,12,16H,2-5H2,1H3. The quantitative estimate of drug-likeness (QED) is 0.808. The molecular formula is C13H16FNO2. The molecule has 0 aromatic heterocycles. The van der Waals surface area contributed by atoms with Gasteiger partial charge in [0.2, 0.25) is 0 Å². The second-order valence-electron chi connectivity index (χ2n) is 4.54. The van der Waals surface area contributed by atoms with Crippen LogP contribution >= 0.6 is 0 Å². The molecule has 92 valence electrons. The molecule has 0 saturated carbocycles. The van der Waals surface area contributed by atoms with Crippen LogP contribution in [-0.2, 0) is 0 Å². The van der Waals surface area contributed by atoms with Gasteiger partial charge in [0.05, 0.1) is 6.10 Å². The molecule has 1 aliphatic rings. The van der Waals surface area contributed by atoms with Crippen molar-refractivity contribution in [3.8, 4) is 0 Å². The number of carbonyl (C=O) groups is 1. The first-order valence-electron chi connectivity index (χ1n) is 5.81. The van der Waals surface area contributed by atoms with E-state index in [9.17, 15) is 14.3 Å². The highest BCUT2D eigenvalue weighted by Crippen LogP contribution is 2.15. The Hall–Kier alpha value is -1.42. The van der Waals surface area contributed by atoms with Crippen LogP contribution in [0.15, 0.2) is 18.2 Å². The van der Waals surface area contributed by atoms with E-state index in [1.165, 1.54) is 12.1 Å². The molecule has 1 amide bonds. The Labute approximate surface area is 99.9 Å². The molecule has 1 fully saturated rings. The van der Waals surface area contributed by atoms with E-state index < -0.39 is 0 Å². The highest BCUT2D eigenvalue weighted by atomic mass is 19.1. The zero-order valence-electron chi connectivity index (χ0n) is 9.82. The van der Waals surface area contributed by atoms with Crippen LogP contribution in [0.5, 0.6) is 0 Å². The molecule has 4 heteroatoms. The normalized spacial score (nSPS) is 17.2. The molecule has 1 aromatic carbocycles. The van der Waals surface area contributed by atoms with Crippen LogP contribution in [0.1, 0.15) is 28.8 Å². The molecule has 17 heavy (non-hydrogen) atoms. The zero-order chi connectivity index (χ0) is 12.4. The molecule has 0 unspecified atom stereocenters. The van der Waals surface area contributed by atoms with Crippen LogP contribution in [0.3, 0.4) is 0 Å². The third-order valence-corrected chi connectivity index (χ3v) is 3.04. The topological polar surface area (TPSA) is 40.5 Å². The van der Waals surface area contributed by atoms with Crippen LogP contribution in [0.2, 0.25) is 0 Å². The van der Waals surface area contributed by atoms with Crippen LogP contribution in [0, 0.1) is 12.7 Å². The Kier molecular flexibility index (Phi) is 3.43. The maximum absolute atomic E-state index is 13.2. The second-order valence-corrected chi connectivity index (χ2v) is 4.54. The number of halogens is 1. The number of amides is 1. The first-order valence-corrected chi connectivity index (χ1v) is 5.81. The van der Waals surface area contributed by atoms with Crippen molar-refractivity contribution in [1.29, 1.82) is 0 Å². The smallest absolute Gasteiger partial charge is 0.253 e. The van der Waals surface area contributed by atoms with E-state index in [2.05, 4.69) is 0 Å².